The Kier molecular flexibility index (Phi) is 6.59. The van der Waals surface area contributed by atoms with Crippen LogP contribution >= 0.6 is 0 Å². The molecule has 0 bridgehead atoms. The van der Waals surface area contributed by atoms with Gasteiger partial charge in [-0.2, -0.15) is 0 Å². The normalized spacial score (nSPS) is 26.6. The summed E-state index contributed by atoms with van der Waals surface area (Å²) in [4.78, 5) is 23.2. The number of nitrogens with two attached hydrogens (primary N) is 2. The Morgan fingerprint density at radius 1 is 1.31 bits per heavy atom. The Balaban J connectivity index is 1.81. The number of aliphatic hydroxyl groups is 2. The Bertz CT molecular complexity index is 847. The van der Waals surface area contributed by atoms with Crippen LogP contribution in [0.1, 0.15) is 32.4 Å². The number of rotatable bonds is 9. The fourth-order valence-corrected chi connectivity index (χ4v) is 3.50. The Morgan fingerprint density at radius 3 is 2.76 bits per heavy atom. The van der Waals surface area contributed by atoms with E-state index in [1.54, 1.807) is 0 Å². The van der Waals surface area contributed by atoms with Crippen molar-refractivity contribution in [1.29, 1.82) is 0 Å². The van der Waals surface area contributed by atoms with E-state index < -0.39 is 42.6 Å². The summed E-state index contributed by atoms with van der Waals surface area (Å²) >= 11 is 0. The molecule has 2 aromatic heterocycles. The zero-order chi connectivity index (χ0) is 21.1. The summed E-state index contributed by atoms with van der Waals surface area (Å²) in [7, 11) is 0. The molecule has 0 aliphatic carbocycles. The molecule has 8 N–H and O–H groups in total. The van der Waals surface area contributed by atoms with E-state index in [1.165, 1.54) is 17.2 Å². The number of ether oxygens (including phenoxy) is 1. The minimum atomic E-state index is -1.24. The number of aliphatic hydroxyl groups excluding tert-OH is 2. The van der Waals surface area contributed by atoms with Crippen molar-refractivity contribution < 1.29 is 24.9 Å². The van der Waals surface area contributed by atoms with Gasteiger partial charge in [-0.1, -0.05) is 6.92 Å². The van der Waals surface area contributed by atoms with Gasteiger partial charge in [0.2, 0.25) is 0 Å². The minimum Gasteiger partial charge on any atom is -0.480 e. The molecule has 1 aliphatic heterocycles. The lowest BCUT2D eigenvalue weighted by Crippen LogP contribution is -2.47. The van der Waals surface area contributed by atoms with Gasteiger partial charge in [-0.15, -0.1) is 0 Å². The molecule has 0 aromatic carbocycles. The number of carboxylic acid groups (broad SMARTS) is 1. The van der Waals surface area contributed by atoms with Gasteiger partial charge in [0.1, 0.15) is 36.2 Å². The van der Waals surface area contributed by atoms with Crippen molar-refractivity contribution in [1.82, 2.24) is 24.8 Å². The Morgan fingerprint density at radius 2 is 2.07 bits per heavy atom. The van der Waals surface area contributed by atoms with E-state index in [9.17, 15) is 15.0 Å². The third kappa shape index (κ3) is 4.31. The first-order valence-corrected chi connectivity index (χ1v) is 9.51. The maximum Gasteiger partial charge on any atom is 0.320 e. The summed E-state index contributed by atoms with van der Waals surface area (Å²) in [6.45, 7) is 2.62. The number of hydrogen-bond acceptors (Lipinski definition) is 10. The van der Waals surface area contributed by atoms with Crippen molar-refractivity contribution >= 4 is 23.0 Å². The van der Waals surface area contributed by atoms with E-state index in [-0.39, 0.29) is 12.2 Å². The van der Waals surface area contributed by atoms with E-state index >= 15 is 0 Å². The number of imidazole rings is 1. The van der Waals surface area contributed by atoms with Gasteiger partial charge in [0.25, 0.3) is 0 Å². The van der Waals surface area contributed by atoms with Crippen LogP contribution in [-0.2, 0) is 9.53 Å². The molecule has 160 valence electrons. The number of fused-ring (bicyclic) bond motifs is 1. The number of aliphatic carboxylic acids is 1. The number of anilines is 1. The number of nitrogens with zero attached hydrogens (tertiary/aromatic N) is 4. The summed E-state index contributed by atoms with van der Waals surface area (Å²) in [6, 6.07) is -1.41. The fourth-order valence-electron chi connectivity index (χ4n) is 3.50. The summed E-state index contributed by atoms with van der Waals surface area (Å²) in [5.74, 6) is -0.893. The molecule has 6 atom stereocenters. The standard InChI is InChI=1S/C17H27N7O5/c1-2-5-20-9(4-3-8(18)17(27)28)13-11(25)12(26)16(29-13)24-7-23-10-14(19)21-6-22-15(10)24/h6-9,11-13,16,20,25-26H,2-5,18H2,1H3,(H,27,28)(H2,19,21,22)/t8-,9-,11?,12-,13+,16+/m0/s1. The maximum atomic E-state index is 11.0. The van der Waals surface area contributed by atoms with Crippen LogP contribution in [0.2, 0.25) is 0 Å². The van der Waals surface area contributed by atoms with Crippen LogP contribution in [0, 0.1) is 0 Å². The average molecular weight is 409 g/mol. The van der Waals surface area contributed by atoms with Crippen LogP contribution < -0.4 is 16.8 Å². The van der Waals surface area contributed by atoms with Crippen LogP contribution in [0.5, 0.6) is 0 Å². The fraction of sp³-hybridized carbons (Fsp3) is 0.647. The van der Waals surface area contributed by atoms with Gasteiger partial charge >= 0.3 is 5.97 Å². The van der Waals surface area contributed by atoms with Crippen LogP contribution in [0.15, 0.2) is 12.7 Å². The highest BCUT2D eigenvalue weighted by atomic mass is 16.6. The predicted octanol–water partition coefficient (Wildman–Crippen LogP) is -1.41. The highest BCUT2D eigenvalue weighted by Crippen LogP contribution is 2.34. The van der Waals surface area contributed by atoms with Crippen molar-refractivity contribution in [3.8, 4) is 0 Å². The van der Waals surface area contributed by atoms with E-state index in [0.29, 0.717) is 24.1 Å². The molecular formula is C17H27N7O5. The van der Waals surface area contributed by atoms with Crippen LogP contribution in [0.3, 0.4) is 0 Å². The van der Waals surface area contributed by atoms with Crippen LogP contribution in [0.25, 0.3) is 11.2 Å². The van der Waals surface area contributed by atoms with Crippen molar-refractivity contribution in [2.75, 3.05) is 12.3 Å². The monoisotopic (exact) mass is 409 g/mol. The second kappa shape index (κ2) is 8.97. The number of hydrogen-bond donors (Lipinski definition) is 6. The van der Waals surface area contributed by atoms with Gasteiger partial charge in [0.05, 0.1) is 6.33 Å². The van der Waals surface area contributed by atoms with Crippen molar-refractivity contribution in [2.45, 2.75) is 62.8 Å². The molecular weight excluding hydrogens is 382 g/mol. The first-order valence-electron chi connectivity index (χ1n) is 9.51. The molecule has 0 spiro atoms. The summed E-state index contributed by atoms with van der Waals surface area (Å²) in [6.07, 6.45) is -0.0703. The third-order valence-electron chi connectivity index (χ3n) is 5.10. The number of nitrogen functional groups attached to an aromatic ring is 1. The van der Waals surface area contributed by atoms with Gasteiger partial charge in [-0.25, -0.2) is 15.0 Å². The highest BCUT2D eigenvalue weighted by Gasteiger charge is 2.47. The smallest absolute Gasteiger partial charge is 0.320 e. The molecule has 12 heteroatoms. The maximum absolute atomic E-state index is 11.0. The van der Waals surface area contributed by atoms with Gasteiger partial charge in [-0.3, -0.25) is 9.36 Å². The number of aromatic nitrogens is 4. The summed E-state index contributed by atoms with van der Waals surface area (Å²) < 4.78 is 7.50. The van der Waals surface area contributed by atoms with Gasteiger partial charge in [0.15, 0.2) is 17.7 Å². The Hall–Kier alpha value is -2.38. The lowest BCUT2D eigenvalue weighted by atomic mass is 9.97. The Labute approximate surface area is 166 Å². The molecule has 0 radical (unpaired) electrons. The molecule has 12 nitrogen and oxygen atoms in total. The van der Waals surface area contributed by atoms with Gasteiger partial charge < -0.3 is 36.8 Å². The first-order chi connectivity index (χ1) is 13.8. The predicted molar refractivity (Wildman–Crippen MR) is 103 cm³/mol. The molecule has 1 fully saturated rings. The van der Waals surface area contributed by atoms with Crippen molar-refractivity contribution in [2.24, 2.45) is 5.73 Å². The molecule has 3 rings (SSSR count). The summed E-state index contributed by atoms with van der Waals surface area (Å²) in [5, 5.41) is 33.5. The number of nitrogens with one attached hydrogen (secondary N) is 1. The molecule has 1 saturated heterocycles. The zero-order valence-corrected chi connectivity index (χ0v) is 16.0. The van der Waals surface area contributed by atoms with E-state index in [0.717, 1.165) is 6.42 Å². The quantitative estimate of drug-likeness (QED) is 0.285. The molecule has 1 unspecified atom stereocenters. The second-order valence-corrected chi connectivity index (χ2v) is 7.14. The van der Waals surface area contributed by atoms with E-state index in [1.807, 2.05) is 6.92 Å². The molecule has 2 aromatic rings. The molecule has 29 heavy (non-hydrogen) atoms. The molecule has 0 amide bonds. The third-order valence-corrected chi connectivity index (χ3v) is 5.10. The van der Waals surface area contributed by atoms with E-state index in [4.69, 9.17) is 21.3 Å². The van der Waals surface area contributed by atoms with E-state index in [2.05, 4.69) is 20.3 Å². The second-order valence-electron chi connectivity index (χ2n) is 7.14. The average Bonchev–Trinajstić information content (AvgIpc) is 3.25. The topological polar surface area (TPSA) is 195 Å². The minimum absolute atomic E-state index is 0.196. The summed E-state index contributed by atoms with van der Waals surface area (Å²) in [5.41, 5.74) is 12.2. The number of carbonyl (C=O) groups is 1. The number of carboxylic acids is 1. The lowest BCUT2D eigenvalue weighted by molar-refractivity contribution is -0.138. The van der Waals surface area contributed by atoms with Crippen molar-refractivity contribution in [3.05, 3.63) is 12.7 Å². The SMILES string of the molecule is CCCN[C@@H](CC[C@H](N)C(=O)O)[C@H]1O[C@@H](n2cnc3c(N)ncnc32)[C@@H](O)C1O. The zero-order valence-electron chi connectivity index (χ0n) is 16.0. The van der Waals surface area contributed by atoms with Gasteiger partial charge in [-0.05, 0) is 25.8 Å². The highest BCUT2D eigenvalue weighted by molar-refractivity contribution is 5.81. The lowest BCUT2D eigenvalue weighted by Gasteiger charge is -2.27. The van der Waals surface area contributed by atoms with Gasteiger partial charge in [0, 0.05) is 6.04 Å². The largest absolute Gasteiger partial charge is 0.480 e. The van der Waals surface area contributed by atoms with Crippen LogP contribution in [-0.4, -0.2) is 77.7 Å². The van der Waals surface area contributed by atoms with Crippen molar-refractivity contribution in [3.63, 3.8) is 0 Å². The molecule has 0 saturated carbocycles. The molecule has 3 heterocycles. The van der Waals surface area contributed by atoms with Crippen LogP contribution in [0.4, 0.5) is 5.82 Å². The first kappa shape index (κ1) is 21.3. The molecule has 1 aliphatic rings.